The zero-order chi connectivity index (χ0) is 15.8. The molecule has 0 fully saturated rings. The van der Waals surface area contributed by atoms with E-state index < -0.39 is 0 Å². The molecule has 2 atom stereocenters. The minimum Gasteiger partial charge on any atom is -0.634 e. The summed E-state index contributed by atoms with van der Waals surface area (Å²) in [6.45, 7) is 5.27. The van der Waals surface area contributed by atoms with Crippen LogP contribution in [0.5, 0.6) is 0 Å². The van der Waals surface area contributed by atoms with Crippen molar-refractivity contribution >= 4 is 0 Å². The van der Waals surface area contributed by atoms with E-state index in [2.05, 4.69) is 13.8 Å². The number of quaternary nitrogens is 1. The minimum atomic E-state index is 0.345. The molecule has 0 saturated heterocycles. The van der Waals surface area contributed by atoms with E-state index in [1.54, 1.807) is 7.05 Å². The van der Waals surface area contributed by atoms with Crippen LogP contribution in [0.25, 0.3) is 0 Å². The van der Waals surface area contributed by atoms with Gasteiger partial charge in [-0.1, -0.05) is 97.3 Å². The molecular formula is C19H41NO. The highest BCUT2D eigenvalue weighted by Crippen LogP contribution is 2.14. The third-order valence-electron chi connectivity index (χ3n) is 4.44. The fourth-order valence-corrected chi connectivity index (χ4v) is 3.10. The molecule has 0 radical (unpaired) electrons. The lowest BCUT2D eigenvalue weighted by Gasteiger charge is -2.20. The van der Waals surface area contributed by atoms with Crippen molar-refractivity contribution in [3.63, 3.8) is 0 Å². The molecule has 0 aromatic rings. The van der Waals surface area contributed by atoms with Gasteiger partial charge < -0.3 is 10.3 Å². The highest BCUT2D eigenvalue weighted by molar-refractivity contribution is 4.53. The molecular weight excluding hydrogens is 258 g/mol. The summed E-state index contributed by atoms with van der Waals surface area (Å²) in [6.07, 6.45) is 19.6. The van der Waals surface area contributed by atoms with Crippen molar-refractivity contribution < 1.29 is 5.06 Å². The van der Waals surface area contributed by atoms with Gasteiger partial charge in [-0.25, -0.2) is 0 Å². The van der Waals surface area contributed by atoms with Gasteiger partial charge in [0.25, 0.3) is 0 Å². The summed E-state index contributed by atoms with van der Waals surface area (Å²) >= 11 is 0. The molecule has 0 rings (SSSR count). The highest BCUT2D eigenvalue weighted by Gasteiger charge is 2.03. The van der Waals surface area contributed by atoms with Crippen LogP contribution in [0.3, 0.4) is 0 Å². The lowest BCUT2D eigenvalue weighted by Crippen LogP contribution is -3.04. The zero-order valence-electron chi connectivity index (χ0n) is 15.1. The van der Waals surface area contributed by atoms with E-state index in [4.69, 9.17) is 0 Å². The first-order chi connectivity index (χ1) is 10.2. The summed E-state index contributed by atoms with van der Waals surface area (Å²) < 4.78 is 0. The largest absolute Gasteiger partial charge is 0.634 e. The Kier molecular flexibility index (Phi) is 16.2. The van der Waals surface area contributed by atoms with E-state index in [0.29, 0.717) is 11.0 Å². The van der Waals surface area contributed by atoms with Gasteiger partial charge in [-0.2, -0.15) is 0 Å². The van der Waals surface area contributed by atoms with Gasteiger partial charge in [0.15, 0.2) is 0 Å². The van der Waals surface area contributed by atoms with Crippen molar-refractivity contribution in [3.05, 3.63) is 5.21 Å². The molecule has 0 aliphatic heterocycles. The van der Waals surface area contributed by atoms with Gasteiger partial charge in [-0.05, 0) is 6.42 Å². The Morgan fingerprint density at radius 1 is 0.714 bits per heavy atom. The summed E-state index contributed by atoms with van der Waals surface area (Å²) in [5.41, 5.74) is 0. The first-order valence-electron chi connectivity index (χ1n) is 9.66. The monoisotopic (exact) mass is 299 g/mol. The molecule has 0 heterocycles. The second-order valence-electron chi connectivity index (χ2n) is 7.04. The summed E-state index contributed by atoms with van der Waals surface area (Å²) in [7, 11) is 1.71. The molecule has 0 bridgehead atoms. The second-order valence-corrected chi connectivity index (χ2v) is 7.04. The SMILES string of the molecule is CCCCCCCCCCCCCCC[C@H](C)C[NH+](C)[O-]. The Bertz CT molecular complexity index is 194. The molecule has 0 aromatic carbocycles. The first kappa shape index (κ1) is 20.9. The minimum absolute atomic E-state index is 0.345. The lowest BCUT2D eigenvalue weighted by molar-refractivity contribution is -0.829. The van der Waals surface area contributed by atoms with Gasteiger partial charge in [-0.15, -0.1) is 0 Å². The van der Waals surface area contributed by atoms with Gasteiger partial charge in [0.2, 0.25) is 0 Å². The Balaban J connectivity index is 3.05. The van der Waals surface area contributed by atoms with Crippen LogP contribution in [0.2, 0.25) is 0 Å². The smallest absolute Gasteiger partial charge is 0.0792 e. The predicted octanol–water partition coefficient (Wildman–Crippen LogP) is 5.12. The van der Waals surface area contributed by atoms with Crippen molar-refractivity contribution in [2.24, 2.45) is 5.92 Å². The molecule has 1 N–H and O–H groups in total. The van der Waals surface area contributed by atoms with E-state index in [1.807, 2.05) is 0 Å². The van der Waals surface area contributed by atoms with Gasteiger partial charge >= 0.3 is 0 Å². The van der Waals surface area contributed by atoms with Gasteiger partial charge in [0.1, 0.15) is 0 Å². The third kappa shape index (κ3) is 17.9. The molecule has 2 nitrogen and oxygen atoms in total. The average molecular weight is 300 g/mol. The Morgan fingerprint density at radius 2 is 1.10 bits per heavy atom. The zero-order valence-corrected chi connectivity index (χ0v) is 15.1. The average Bonchev–Trinajstić information content (AvgIpc) is 2.43. The number of hydrogen-bond acceptors (Lipinski definition) is 1. The van der Waals surface area contributed by atoms with Crippen LogP contribution in [0.4, 0.5) is 0 Å². The van der Waals surface area contributed by atoms with Crippen molar-refractivity contribution in [1.82, 2.24) is 0 Å². The standard InChI is InChI=1S/C19H41NO/c1-4-5-6-7-8-9-10-11-12-13-14-15-16-17-19(2)18-20(3)21/h19-20H,4-18H2,1-3H3/t19-/m0/s1. The Hall–Kier alpha value is -0.0800. The molecule has 2 heteroatoms. The van der Waals surface area contributed by atoms with Gasteiger partial charge in [-0.3, -0.25) is 0 Å². The van der Waals surface area contributed by atoms with E-state index >= 15 is 0 Å². The van der Waals surface area contributed by atoms with Gasteiger partial charge in [0, 0.05) is 5.92 Å². The maximum atomic E-state index is 11.0. The number of unbranched alkanes of at least 4 members (excludes halogenated alkanes) is 12. The van der Waals surface area contributed by atoms with E-state index in [9.17, 15) is 5.21 Å². The van der Waals surface area contributed by atoms with Crippen LogP contribution in [0, 0.1) is 11.1 Å². The first-order valence-corrected chi connectivity index (χ1v) is 9.66. The fourth-order valence-electron chi connectivity index (χ4n) is 3.10. The van der Waals surface area contributed by atoms with E-state index in [0.717, 1.165) is 6.54 Å². The molecule has 0 aliphatic rings. The fraction of sp³-hybridized carbons (Fsp3) is 1.00. The Labute approximate surface area is 134 Å². The molecule has 21 heavy (non-hydrogen) atoms. The lowest BCUT2D eigenvalue weighted by atomic mass is 10.0. The van der Waals surface area contributed by atoms with Crippen molar-refractivity contribution in [1.29, 1.82) is 0 Å². The van der Waals surface area contributed by atoms with Crippen LogP contribution in [-0.4, -0.2) is 13.6 Å². The van der Waals surface area contributed by atoms with Crippen LogP contribution in [0.1, 0.15) is 104 Å². The van der Waals surface area contributed by atoms with E-state index in [1.165, 1.54) is 89.9 Å². The number of nitrogens with one attached hydrogen (secondary N) is 1. The molecule has 0 saturated carbocycles. The number of hydrogen-bond donors (Lipinski definition) is 1. The second kappa shape index (κ2) is 16.3. The van der Waals surface area contributed by atoms with Crippen LogP contribution in [-0.2, 0) is 0 Å². The normalized spacial score (nSPS) is 14.3. The molecule has 0 aliphatic carbocycles. The molecule has 1 unspecified atom stereocenters. The maximum Gasteiger partial charge on any atom is 0.0792 e. The predicted molar refractivity (Wildman–Crippen MR) is 94.6 cm³/mol. The van der Waals surface area contributed by atoms with Crippen molar-refractivity contribution in [2.45, 2.75) is 104 Å². The van der Waals surface area contributed by atoms with Crippen LogP contribution in [0.15, 0.2) is 0 Å². The Morgan fingerprint density at radius 3 is 1.48 bits per heavy atom. The highest BCUT2D eigenvalue weighted by atomic mass is 16.5. The summed E-state index contributed by atoms with van der Waals surface area (Å²) in [6, 6.07) is 0. The number of hydroxylamine groups is 2. The molecule has 128 valence electrons. The topological polar surface area (TPSA) is 27.5 Å². The summed E-state index contributed by atoms with van der Waals surface area (Å²) in [5, 5.41) is 11.3. The van der Waals surface area contributed by atoms with Crippen LogP contribution >= 0.6 is 0 Å². The summed E-state index contributed by atoms with van der Waals surface area (Å²) in [4.78, 5) is 0. The maximum absolute atomic E-state index is 11.0. The third-order valence-corrected chi connectivity index (χ3v) is 4.44. The van der Waals surface area contributed by atoms with E-state index in [-0.39, 0.29) is 0 Å². The molecule has 0 amide bonds. The van der Waals surface area contributed by atoms with Crippen molar-refractivity contribution in [3.8, 4) is 0 Å². The quantitative estimate of drug-likeness (QED) is 0.311. The molecule has 0 spiro atoms. The number of rotatable bonds is 16. The summed E-state index contributed by atoms with van der Waals surface area (Å²) in [5.74, 6) is 0.593. The van der Waals surface area contributed by atoms with Crippen molar-refractivity contribution in [2.75, 3.05) is 13.6 Å². The molecule has 0 aromatic heterocycles. The van der Waals surface area contributed by atoms with Crippen LogP contribution < -0.4 is 5.06 Å². The van der Waals surface area contributed by atoms with Gasteiger partial charge in [0.05, 0.1) is 13.6 Å².